The Kier molecular flexibility index (Phi) is 5.53. The van der Waals surface area contributed by atoms with Crippen LogP contribution in [0.5, 0.6) is 5.75 Å². The predicted octanol–water partition coefficient (Wildman–Crippen LogP) is 3.58. The SMILES string of the molecule is c1ccc(COc2ccc(Nc3ncnc4cnc(N5CCOCC5)nc34)cc2)cc1. The number of hydrogen-bond donors (Lipinski definition) is 1. The number of morpholine rings is 1. The molecule has 1 aliphatic heterocycles. The summed E-state index contributed by atoms with van der Waals surface area (Å²) < 4.78 is 11.3. The fraction of sp³-hybridized carbons (Fsp3) is 0.217. The number of nitrogens with one attached hydrogen (secondary N) is 1. The zero-order valence-electron chi connectivity index (χ0n) is 16.9. The normalized spacial score (nSPS) is 13.9. The Balaban J connectivity index is 1.32. The van der Waals surface area contributed by atoms with Crippen LogP contribution in [0, 0.1) is 0 Å². The molecule has 1 saturated heterocycles. The molecule has 8 nitrogen and oxygen atoms in total. The van der Waals surface area contributed by atoms with Crippen LogP contribution in [0.1, 0.15) is 5.56 Å². The van der Waals surface area contributed by atoms with Gasteiger partial charge in [-0.3, -0.25) is 0 Å². The molecule has 4 aromatic rings. The number of anilines is 3. The fourth-order valence-electron chi connectivity index (χ4n) is 3.36. The van der Waals surface area contributed by atoms with Crippen LogP contribution < -0.4 is 15.0 Å². The van der Waals surface area contributed by atoms with E-state index in [-0.39, 0.29) is 0 Å². The van der Waals surface area contributed by atoms with Gasteiger partial charge in [0, 0.05) is 18.8 Å². The van der Waals surface area contributed by atoms with Gasteiger partial charge >= 0.3 is 0 Å². The lowest BCUT2D eigenvalue weighted by Crippen LogP contribution is -2.37. The third kappa shape index (κ3) is 4.54. The summed E-state index contributed by atoms with van der Waals surface area (Å²) in [5.41, 5.74) is 3.40. The molecule has 8 heteroatoms. The molecule has 0 aliphatic carbocycles. The molecule has 0 saturated carbocycles. The highest BCUT2D eigenvalue weighted by Crippen LogP contribution is 2.24. The molecule has 0 spiro atoms. The Bertz CT molecular complexity index is 1150. The predicted molar refractivity (Wildman–Crippen MR) is 119 cm³/mol. The number of rotatable bonds is 6. The van der Waals surface area contributed by atoms with Gasteiger partial charge in [-0.25, -0.2) is 19.9 Å². The lowest BCUT2D eigenvalue weighted by molar-refractivity contribution is 0.122. The fourth-order valence-corrected chi connectivity index (χ4v) is 3.36. The molecule has 1 N–H and O–H groups in total. The van der Waals surface area contributed by atoms with Crippen LogP contribution in [-0.4, -0.2) is 46.2 Å². The van der Waals surface area contributed by atoms with Crippen molar-refractivity contribution in [2.45, 2.75) is 6.61 Å². The van der Waals surface area contributed by atoms with E-state index in [4.69, 9.17) is 14.5 Å². The summed E-state index contributed by atoms with van der Waals surface area (Å²) in [7, 11) is 0. The highest BCUT2D eigenvalue weighted by atomic mass is 16.5. The van der Waals surface area contributed by atoms with Gasteiger partial charge in [-0.15, -0.1) is 0 Å². The Morgan fingerprint density at radius 1 is 0.935 bits per heavy atom. The molecular formula is C23H22N6O2. The van der Waals surface area contributed by atoms with E-state index < -0.39 is 0 Å². The first-order valence-corrected chi connectivity index (χ1v) is 10.2. The van der Waals surface area contributed by atoms with Gasteiger partial charge in [-0.2, -0.15) is 0 Å². The van der Waals surface area contributed by atoms with Gasteiger partial charge in [-0.05, 0) is 29.8 Å². The van der Waals surface area contributed by atoms with Crippen molar-refractivity contribution in [1.29, 1.82) is 0 Å². The Labute approximate surface area is 179 Å². The Hall–Kier alpha value is -3.78. The van der Waals surface area contributed by atoms with Gasteiger partial charge in [-0.1, -0.05) is 30.3 Å². The number of ether oxygens (including phenoxy) is 2. The first-order valence-electron chi connectivity index (χ1n) is 10.2. The van der Waals surface area contributed by atoms with Crippen molar-refractivity contribution in [1.82, 2.24) is 19.9 Å². The van der Waals surface area contributed by atoms with Crippen molar-refractivity contribution < 1.29 is 9.47 Å². The van der Waals surface area contributed by atoms with Crippen molar-refractivity contribution in [3.8, 4) is 5.75 Å². The summed E-state index contributed by atoms with van der Waals surface area (Å²) in [5, 5.41) is 3.34. The second-order valence-electron chi connectivity index (χ2n) is 7.15. The topological polar surface area (TPSA) is 85.3 Å². The smallest absolute Gasteiger partial charge is 0.226 e. The van der Waals surface area contributed by atoms with E-state index >= 15 is 0 Å². The number of nitrogens with zero attached hydrogens (tertiary/aromatic N) is 5. The summed E-state index contributed by atoms with van der Waals surface area (Å²) in [4.78, 5) is 20.0. The van der Waals surface area contributed by atoms with Crippen LogP contribution in [0.25, 0.3) is 11.0 Å². The van der Waals surface area contributed by atoms with Crippen LogP contribution in [0.15, 0.2) is 67.1 Å². The van der Waals surface area contributed by atoms with Crippen molar-refractivity contribution in [3.05, 3.63) is 72.7 Å². The summed E-state index contributed by atoms with van der Waals surface area (Å²) >= 11 is 0. The van der Waals surface area contributed by atoms with E-state index in [0.717, 1.165) is 30.1 Å². The molecule has 1 fully saturated rings. The van der Waals surface area contributed by atoms with Crippen LogP contribution in [-0.2, 0) is 11.3 Å². The standard InChI is InChI=1S/C23H22N6O2/c1-2-4-17(5-3-1)15-31-19-8-6-18(7-9-19)27-22-21-20(25-16-26-22)14-24-23(28-21)29-10-12-30-13-11-29/h1-9,14,16H,10-13,15H2,(H,25,26,27). The summed E-state index contributed by atoms with van der Waals surface area (Å²) in [6, 6.07) is 17.9. The van der Waals surface area contributed by atoms with E-state index in [1.807, 2.05) is 54.6 Å². The molecule has 0 radical (unpaired) electrons. The van der Waals surface area contributed by atoms with Crippen LogP contribution in [0.3, 0.4) is 0 Å². The van der Waals surface area contributed by atoms with Crippen molar-refractivity contribution in [2.75, 3.05) is 36.5 Å². The maximum Gasteiger partial charge on any atom is 0.226 e. The van der Waals surface area contributed by atoms with Gasteiger partial charge in [0.05, 0.1) is 19.4 Å². The maximum absolute atomic E-state index is 5.86. The lowest BCUT2D eigenvalue weighted by Gasteiger charge is -2.26. The monoisotopic (exact) mass is 414 g/mol. The minimum Gasteiger partial charge on any atom is -0.489 e. The molecule has 5 rings (SSSR count). The highest BCUT2D eigenvalue weighted by Gasteiger charge is 2.16. The molecule has 2 aromatic heterocycles. The third-order valence-corrected chi connectivity index (χ3v) is 5.02. The minimum absolute atomic E-state index is 0.533. The first-order chi connectivity index (χ1) is 15.3. The van der Waals surface area contributed by atoms with Crippen molar-refractivity contribution in [2.24, 2.45) is 0 Å². The van der Waals surface area contributed by atoms with E-state index in [0.29, 0.717) is 42.6 Å². The second-order valence-corrected chi connectivity index (χ2v) is 7.15. The largest absolute Gasteiger partial charge is 0.489 e. The maximum atomic E-state index is 5.86. The van der Waals surface area contributed by atoms with E-state index in [9.17, 15) is 0 Å². The quantitative estimate of drug-likeness (QED) is 0.512. The van der Waals surface area contributed by atoms with Crippen LogP contribution in [0.4, 0.5) is 17.5 Å². The minimum atomic E-state index is 0.533. The van der Waals surface area contributed by atoms with Gasteiger partial charge in [0.15, 0.2) is 5.82 Å². The number of benzene rings is 2. The van der Waals surface area contributed by atoms with E-state index in [2.05, 4.69) is 25.2 Å². The number of hydrogen-bond acceptors (Lipinski definition) is 8. The van der Waals surface area contributed by atoms with Gasteiger partial charge in [0.25, 0.3) is 0 Å². The lowest BCUT2D eigenvalue weighted by atomic mass is 10.2. The molecule has 0 bridgehead atoms. The van der Waals surface area contributed by atoms with Crippen molar-refractivity contribution in [3.63, 3.8) is 0 Å². The highest BCUT2D eigenvalue weighted by molar-refractivity contribution is 5.87. The van der Waals surface area contributed by atoms with Crippen LogP contribution in [0.2, 0.25) is 0 Å². The number of aromatic nitrogens is 4. The van der Waals surface area contributed by atoms with Crippen molar-refractivity contribution >= 4 is 28.5 Å². The Morgan fingerprint density at radius 3 is 2.55 bits per heavy atom. The summed E-state index contributed by atoms with van der Waals surface area (Å²) in [6.07, 6.45) is 3.25. The molecular weight excluding hydrogens is 392 g/mol. The zero-order chi connectivity index (χ0) is 20.9. The molecule has 0 atom stereocenters. The molecule has 0 unspecified atom stereocenters. The van der Waals surface area contributed by atoms with E-state index in [1.165, 1.54) is 6.33 Å². The van der Waals surface area contributed by atoms with Gasteiger partial charge in [0.1, 0.15) is 29.7 Å². The third-order valence-electron chi connectivity index (χ3n) is 5.02. The van der Waals surface area contributed by atoms with E-state index in [1.54, 1.807) is 6.20 Å². The molecule has 0 amide bonds. The molecule has 1 aliphatic rings. The molecule has 156 valence electrons. The zero-order valence-corrected chi connectivity index (χ0v) is 16.9. The summed E-state index contributed by atoms with van der Waals surface area (Å²) in [6.45, 7) is 3.43. The van der Waals surface area contributed by atoms with Gasteiger partial charge in [0.2, 0.25) is 5.95 Å². The first kappa shape index (κ1) is 19.2. The van der Waals surface area contributed by atoms with Gasteiger partial charge < -0.3 is 19.7 Å². The average Bonchev–Trinajstić information content (AvgIpc) is 2.85. The molecule has 31 heavy (non-hydrogen) atoms. The average molecular weight is 414 g/mol. The molecule has 2 aromatic carbocycles. The second kappa shape index (κ2) is 8.93. The Morgan fingerprint density at radius 2 is 1.74 bits per heavy atom. The summed E-state index contributed by atoms with van der Waals surface area (Å²) in [5.74, 6) is 2.11. The molecule has 3 heterocycles. The number of fused-ring (bicyclic) bond motifs is 1. The van der Waals surface area contributed by atoms with Crippen LogP contribution >= 0.6 is 0 Å².